The fourth-order valence-corrected chi connectivity index (χ4v) is 4.86. The Morgan fingerprint density at radius 2 is 1.54 bits per heavy atom. The minimum Gasteiger partial charge on any atom is -0.352 e. The van der Waals surface area contributed by atoms with E-state index in [1.807, 2.05) is 86.6 Å². The molecule has 0 heterocycles. The smallest absolute Gasteiger partial charge is 0.243 e. The van der Waals surface area contributed by atoms with Gasteiger partial charge in [-0.05, 0) is 48.7 Å². The number of hydrogen-bond donors (Lipinski definition) is 1. The number of halogens is 2. The van der Waals surface area contributed by atoms with Crippen LogP contribution in [0.2, 0.25) is 10.0 Å². The third kappa shape index (κ3) is 8.60. The van der Waals surface area contributed by atoms with Crippen LogP contribution in [-0.2, 0) is 28.3 Å². The van der Waals surface area contributed by atoms with Gasteiger partial charge < -0.3 is 10.2 Å². The first-order chi connectivity index (χ1) is 16.8. The van der Waals surface area contributed by atoms with E-state index in [0.717, 1.165) is 16.7 Å². The van der Waals surface area contributed by atoms with Crippen LogP contribution in [0.3, 0.4) is 0 Å². The predicted molar refractivity (Wildman–Crippen MR) is 147 cm³/mol. The summed E-state index contributed by atoms with van der Waals surface area (Å²) in [5.74, 6) is 0.633. The molecule has 0 aliphatic heterocycles. The fraction of sp³-hybridized carbons (Fsp3) is 0.286. The lowest BCUT2D eigenvalue weighted by molar-refractivity contribution is -0.139. The van der Waals surface area contributed by atoms with E-state index in [-0.39, 0.29) is 30.2 Å². The summed E-state index contributed by atoms with van der Waals surface area (Å²) in [5, 5.41) is 4.25. The molecule has 7 heteroatoms. The minimum absolute atomic E-state index is 0.0441. The molecule has 3 rings (SSSR count). The Morgan fingerprint density at radius 1 is 0.886 bits per heavy atom. The summed E-state index contributed by atoms with van der Waals surface area (Å²) < 4.78 is 0. The molecule has 0 aliphatic carbocycles. The minimum atomic E-state index is -0.667. The lowest BCUT2D eigenvalue weighted by Gasteiger charge is -2.32. The van der Waals surface area contributed by atoms with Gasteiger partial charge in [0.25, 0.3) is 0 Å². The molecule has 1 atom stereocenters. The summed E-state index contributed by atoms with van der Waals surface area (Å²) >= 11 is 13.9. The van der Waals surface area contributed by atoms with Gasteiger partial charge in [0.1, 0.15) is 6.04 Å². The van der Waals surface area contributed by atoms with E-state index >= 15 is 0 Å². The van der Waals surface area contributed by atoms with Crippen molar-refractivity contribution in [2.24, 2.45) is 0 Å². The topological polar surface area (TPSA) is 49.4 Å². The van der Waals surface area contributed by atoms with Gasteiger partial charge in [0.2, 0.25) is 11.8 Å². The maximum atomic E-state index is 13.6. The molecule has 0 saturated heterocycles. The van der Waals surface area contributed by atoms with Gasteiger partial charge in [-0.25, -0.2) is 0 Å². The number of rotatable bonds is 11. The van der Waals surface area contributed by atoms with E-state index in [9.17, 15) is 9.59 Å². The molecule has 3 aromatic carbocycles. The van der Waals surface area contributed by atoms with Crippen LogP contribution in [-0.4, -0.2) is 34.6 Å². The number of nitrogens with zero attached hydrogens (tertiary/aromatic N) is 1. The maximum absolute atomic E-state index is 13.6. The largest absolute Gasteiger partial charge is 0.352 e. The van der Waals surface area contributed by atoms with E-state index in [0.29, 0.717) is 22.2 Å². The van der Waals surface area contributed by atoms with Gasteiger partial charge in [-0.15, -0.1) is 11.8 Å². The predicted octanol–water partition coefficient (Wildman–Crippen LogP) is 6.39. The van der Waals surface area contributed by atoms with Crippen molar-refractivity contribution in [2.75, 3.05) is 5.75 Å². The van der Waals surface area contributed by atoms with E-state index in [4.69, 9.17) is 23.2 Å². The number of carbonyl (C=O) groups is 2. The zero-order chi connectivity index (χ0) is 25.2. The van der Waals surface area contributed by atoms with Gasteiger partial charge in [0.15, 0.2) is 0 Å². The van der Waals surface area contributed by atoms with Crippen molar-refractivity contribution in [3.8, 4) is 0 Å². The molecule has 0 aromatic heterocycles. The second kappa shape index (κ2) is 13.6. The Labute approximate surface area is 222 Å². The highest BCUT2D eigenvalue weighted by molar-refractivity contribution is 7.99. The van der Waals surface area contributed by atoms with Crippen LogP contribution >= 0.6 is 35.0 Å². The van der Waals surface area contributed by atoms with Crippen molar-refractivity contribution < 1.29 is 9.59 Å². The highest BCUT2D eigenvalue weighted by Gasteiger charge is 2.31. The average Bonchev–Trinajstić information content (AvgIpc) is 2.83. The first-order valence-corrected chi connectivity index (χ1v) is 13.4. The summed E-state index contributed by atoms with van der Waals surface area (Å²) in [5.41, 5.74) is 2.88. The first kappa shape index (κ1) is 27.1. The molecule has 4 nitrogen and oxygen atoms in total. The van der Waals surface area contributed by atoms with Gasteiger partial charge in [-0.1, -0.05) is 83.9 Å². The number of thioether (sulfide) groups is 1. The Bertz CT molecular complexity index is 1110. The van der Waals surface area contributed by atoms with Gasteiger partial charge in [0, 0.05) is 34.8 Å². The number of amides is 2. The first-order valence-electron chi connectivity index (χ1n) is 11.5. The molecule has 0 radical (unpaired) electrons. The molecule has 0 bridgehead atoms. The van der Waals surface area contributed by atoms with Crippen LogP contribution in [0.5, 0.6) is 0 Å². The van der Waals surface area contributed by atoms with Crippen molar-refractivity contribution >= 4 is 46.8 Å². The monoisotopic (exact) mass is 528 g/mol. The van der Waals surface area contributed by atoms with Crippen LogP contribution in [0.15, 0.2) is 78.9 Å². The van der Waals surface area contributed by atoms with Crippen LogP contribution in [0.1, 0.15) is 30.5 Å². The third-order valence-corrected chi connectivity index (χ3v) is 7.02. The van der Waals surface area contributed by atoms with Crippen molar-refractivity contribution in [1.29, 1.82) is 0 Å². The molecule has 3 aromatic rings. The summed E-state index contributed by atoms with van der Waals surface area (Å²) in [6, 6.07) is 24.1. The number of carbonyl (C=O) groups excluding carboxylic acids is 2. The van der Waals surface area contributed by atoms with Gasteiger partial charge in [0.05, 0.1) is 5.75 Å². The molecule has 1 N–H and O–H groups in total. The van der Waals surface area contributed by atoms with Crippen molar-refractivity contribution in [3.05, 3.63) is 106 Å². The Kier molecular flexibility index (Phi) is 10.5. The van der Waals surface area contributed by atoms with Gasteiger partial charge in [-0.3, -0.25) is 9.59 Å². The molecule has 0 fully saturated rings. The van der Waals surface area contributed by atoms with Crippen LogP contribution in [0.4, 0.5) is 0 Å². The molecule has 0 saturated carbocycles. The average molecular weight is 530 g/mol. The Hall–Kier alpha value is -2.47. The molecule has 0 aliphatic rings. The normalized spacial score (nSPS) is 11.8. The van der Waals surface area contributed by atoms with E-state index in [2.05, 4.69) is 5.32 Å². The summed E-state index contributed by atoms with van der Waals surface area (Å²) in [7, 11) is 0. The summed E-state index contributed by atoms with van der Waals surface area (Å²) in [6.07, 6.45) is 0.414. The van der Waals surface area contributed by atoms with Crippen LogP contribution in [0, 0.1) is 0 Å². The van der Waals surface area contributed by atoms with E-state index in [1.165, 1.54) is 11.8 Å². The van der Waals surface area contributed by atoms with E-state index in [1.54, 1.807) is 11.0 Å². The second-order valence-corrected chi connectivity index (χ2v) is 10.4. The van der Waals surface area contributed by atoms with Crippen LogP contribution < -0.4 is 5.32 Å². The van der Waals surface area contributed by atoms with Crippen molar-refractivity contribution in [2.45, 2.75) is 44.6 Å². The molecule has 184 valence electrons. The zero-order valence-corrected chi connectivity index (χ0v) is 22.2. The van der Waals surface area contributed by atoms with E-state index < -0.39 is 6.04 Å². The van der Waals surface area contributed by atoms with Crippen LogP contribution in [0.25, 0.3) is 0 Å². The molecular weight excluding hydrogens is 499 g/mol. The Balaban J connectivity index is 1.85. The fourth-order valence-electron chi connectivity index (χ4n) is 3.66. The second-order valence-electron chi connectivity index (χ2n) is 8.60. The lowest BCUT2D eigenvalue weighted by Crippen LogP contribution is -2.52. The molecule has 2 amide bonds. The van der Waals surface area contributed by atoms with Crippen molar-refractivity contribution in [3.63, 3.8) is 0 Å². The highest BCUT2D eigenvalue weighted by Crippen LogP contribution is 2.22. The zero-order valence-electron chi connectivity index (χ0n) is 19.9. The van der Waals surface area contributed by atoms with Gasteiger partial charge >= 0.3 is 0 Å². The third-order valence-electron chi connectivity index (χ3n) is 5.41. The quantitative estimate of drug-likeness (QED) is 0.313. The van der Waals surface area contributed by atoms with Gasteiger partial charge in [-0.2, -0.15) is 0 Å². The number of nitrogens with one attached hydrogen (secondary N) is 1. The summed E-state index contributed by atoms with van der Waals surface area (Å²) in [4.78, 5) is 28.6. The molecule has 0 spiro atoms. The number of benzene rings is 3. The summed E-state index contributed by atoms with van der Waals surface area (Å²) in [6.45, 7) is 4.09. The SMILES string of the molecule is CC(C)NC(=O)[C@@H](Cc1ccccc1)N(Cc1ccccc1Cl)C(=O)CSCc1ccc(Cl)cc1. The number of hydrogen-bond acceptors (Lipinski definition) is 3. The standard InChI is InChI=1S/C28H30Cl2N2O2S/c1-20(2)31-28(34)26(16-21-8-4-3-5-9-21)32(17-23-10-6-7-11-25(23)30)27(33)19-35-18-22-12-14-24(29)15-13-22/h3-15,20,26H,16-19H2,1-2H3,(H,31,34)/t26-/m1/s1. The molecule has 35 heavy (non-hydrogen) atoms. The molecular formula is C28H30Cl2N2O2S. The molecule has 0 unspecified atom stereocenters. The Morgan fingerprint density at radius 3 is 2.20 bits per heavy atom. The lowest BCUT2D eigenvalue weighted by atomic mass is 10.0. The maximum Gasteiger partial charge on any atom is 0.243 e. The van der Waals surface area contributed by atoms with Crippen molar-refractivity contribution in [1.82, 2.24) is 10.2 Å². The highest BCUT2D eigenvalue weighted by atomic mass is 35.5.